The number of phenolic OH excluding ortho intramolecular Hbond substituents is 1. The predicted molar refractivity (Wildman–Crippen MR) is 186 cm³/mol. The molecule has 0 saturated carbocycles. The molecule has 12 heteroatoms. The van der Waals surface area contributed by atoms with Crippen LogP contribution in [0.4, 0.5) is 4.39 Å². The summed E-state index contributed by atoms with van der Waals surface area (Å²) in [6.07, 6.45) is 7.08. The van der Waals surface area contributed by atoms with Gasteiger partial charge in [-0.1, -0.05) is 40.9 Å². The summed E-state index contributed by atoms with van der Waals surface area (Å²) in [6.45, 7) is 4.14. The molecule has 0 fully saturated rings. The highest BCUT2D eigenvalue weighted by atomic mass is 35.5. The molecule has 5 rings (SSSR count). The lowest BCUT2D eigenvalue weighted by Gasteiger charge is -2.13. The van der Waals surface area contributed by atoms with Gasteiger partial charge in [-0.05, 0) is 91.2 Å². The maximum atomic E-state index is 14.0. The fourth-order valence-corrected chi connectivity index (χ4v) is 5.13. The normalized spacial score (nSPS) is 10.5. The number of carbonyl (C=O) groups is 2. The first kappa shape index (κ1) is 37.1. The summed E-state index contributed by atoms with van der Waals surface area (Å²) >= 11 is 17.8. The molecule has 3 aromatic carbocycles. The summed E-state index contributed by atoms with van der Waals surface area (Å²) < 4.78 is 29.8. The van der Waals surface area contributed by atoms with Gasteiger partial charge in [-0.2, -0.15) is 0 Å². The second kappa shape index (κ2) is 18.2. The van der Waals surface area contributed by atoms with E-state index in [1.54, 1.807) is 86.9 Å². The van der Waals surface area contributed by atoms with Gasteiger partial charge in [-0.15, -0.1) is 0 Å². The smallest absolute Gasteiger partial charge is 0.339 e. The van der Waals surface area contributed by atoms with E-state index in [-0.39, 0.29) is 19.0 Å². The van der Waals surface area contributed by atoms with Crippen molar-refractivity contribution in [2.75, 3.05) is 13.2 Å². The van der Waals surface area contributed by atoms with E-state index < -0.39 is 17.8 Å². The molecule has 0 bridgehead atoms. The number of nitrogens with zero attached hydrogens (tertiary/aromatic N) is 2. The van der Waals surface area contributed by atoms with Crippen LogP contribution in [0.2, 0.25) is 15.1 Å². The standard InChI is InChI=1S/C22H18Cl2FNO3.C15H14ClNO3/c1-2-28-22(27)17-8-14(11-26-12-17)7-16-9-18(23)5-6-21(16)29-13-15-3-4-19(24)10-20(15)25;1-2-20-15(19)12-6-10(8-17-9-12)5-11-7-13(16)3-4-14(11)18/h3-6,8-12H,2,7,13H2,1H3;3-4,6-9,18H,2,5H2,1H3. The zero-order chi connectivity index (χ0) is 35.3. The van der Waals surface area contributed by atoms with Crippen LogP contribution < -0.4 is 4.74 Å². The van der Waals surface area contributed by atoms with Crippen LogP contribution in [0, 0.1) is 5.82 Å². The molecule has 49 heavy (non-hydrogen) atoms. The number of phenols is 1. The third kappa shape index (κ3) is 11.2. The molecule has 254 valence electrons. The van der Waals surface area contributed by atoms with E-state index in [0.29, 0.717) is 62.5 Å². The Labute approximate surface area is 298 Å². The average molecular weight is 726 g/mol. The number of esters is 2. The molecule has 0 atom stereocenters. The fraction of sp³-hybridized carbons (Fsp3) is 0.189. The molecule has 5 aromatic rings. The molecule has 0 aliphatic heterocycles. The Bertz CT molecular complexity index is 1920. The van der Waals surface area contributed by atoms with Gasteiger partial charge < -0.3 is 19.3 Å². The van der Waals surface area contributed by atoms with Crippen molar-refractivity contribution in [2.24, 2.45) is 0 Å². The number of hydrogen-bond donors (Lipinski definition) is 1. The summed E-state index contributed by atoms with van der Waals surface area (Å²) in [5, 5.41) is 11.2. The minimum Gasteiger partial charge on any atom is -0.508 e. The number of halogens is 4. The van der Waals surface area contributed by atoms with Crippen molar-refractivity contribution in [1.29, 1.82) is 0 Å². The number of ether oxygens (including phenoxy) is 3. The van der Waals surface area contributed by atoms with Gasteiger partial charge in [0.15, 0.2) is 0 Å². The number of aromatic nitrogens is 2. The lowest BCUT2D eigenvalue weighted by atomic mass is 10.0. The molecule has 0 amide bonds. The summed E-state index contributed by atoms with van der Waals surface area (Å²) in [5.41, 5.74) is 4.22. The van der Waals surface area contributed by atoms with Crippen LogP contribution in [0.15, 0.2) is 91.5 Å². The van der Waals surface area contributed by atoms with E-state index in [2.05, 4.69) is 9.97 Å². The molecule has 0 aliphatic carbocycles. The molecular formula is C37H32Cl3FN2O6. The van der Waals surface area contributed by atoms with Crippen molar-refractivity contribution in [3.05, 3.63) is 151 Å². The first-order valence-corrected chi connectivity index (χ1v) is 16.2. The molecule has 2 heterocycles. The Hall–Kier alpha value is -4.70. The van der Waals surface area contributed by atoms with E-state index in [0.717, 1.165) is 16.7 Å². The van der Waals surface area contributed by atoms with Crippen molar-refractivity contribution in [3.8, 4) is 11.5 Å². The molecule has 1 N–H and O–H groups in total. The van der Waals surface area contributed by atoms with Gasteiger partial charge in [0.2, 0.25) is 0 Å². The minimum absolute atomic E-state index is 0.0404. The highest BCUT2D eigenvalue weighted by molar-refractivity contribution is 6.31. The van der Waals surface area contributed by atoms with Gasteiger partial charge in [0.1, 0.15) is 23.9 Å². The minimum atomic E-state index is -0.431. The molecule has 0 saturated heterocycles. The molecule has 0 aliphatic rings. The third-order valence-electron chi connectivity index (χ3n) is 6.86. The largest absolute Gasteiger partial charge is 0.508 e. The third-order valence-corrected chi connectivity index (χ3v) is 7.57. The van der Waals surface area contributed by atoms with Gasteiger partial charge in [-0.3, -0.25) is 9.97 Å². The average Bonchev–Trinajstić information content (AvgIpc) is 3.07. The lowest BCUT2D eigenvalue weighted by Crippen LogP contribution is -2.06. The fourth-order valence-electron chi connectivity index (χ4n) is 4.58. The monoisotopic (exact) mass is 724 g/mol. The first-order valence-electron chi connectivity index (χ1n) is 15.1. The summed E-state index contributed by atoms with van der Waals surface area (Å²) in [5.74, 6) is -0.541. The van der Waals surface area contributed by atoms with Crippen molar-refractivity contribution < 1.29 is 33.3 Å². The van der Waals surface area contributed by atoms with Gasteiger partial charge in [0, 0.05) is 63.8 Å². The Morgan fingerprint density at radius 3 is 1.76 bits per heavy atom. The number of carbonyl (C=O) groups excluding carboxylic acids is 2. The molecule has 8 nitrogen and oxygen atoms in total. The highest BCUT2D eigenvalue weighted by Gasteiger charge is 2.13. The number of hydrogen-bond acceptors (Lipinski definition) is 8. The van der Waals surface area contributed by atoms with Crippen LogP contribution in [0.5, 0.6) is 11.5 Å². The quantitative estimate of drug-likeness (QED) is 0.134. The predicted octanol–water partition coefficient (Wildman–Crippen LogP) is 9.08. The second-order valence-corrected chi connectivity index (χ2v) is 11.8. The van der Waals surface area contributed by atoms with Crippen LogP contribution in [-0.2, 0) is 28.9 Å². The SMILES string of the molecule is CCOC(=O)c1cncc(Cc2cc(Cl)ccc2O)c1.CCOC(=O)c1cncc(Cc2cc(Cl)ccc2OCc2ccc(Cl)cc2F)c1. The van der Waals surface area contributed by atoms with Crippen LogP contribution in [0.3, 0.4) is 0 Å². The Morgan fingerprint density at radius 1 is 0.673 bits per heavy atom. The second-order valence-electron chi connectivity index (χ2n) is 10.5. The molecular weight excluding hydrogens is 694 g/mol. The van der Waals surface area contributed by atoms with Crippen molar-refractivity contribution >= 4 is 46.7 Å². The Morgan fingerprint density at radius 2 is 1.18 bits per heavy atom. The Kier molecular flexibility index (Phi) is 13.8. The van der Waals surface area contributed by atoms with Crippen LogP contribution in [0.1, 0.15) is 62.4 Å². The maximum Gasteiger partial charge on any atom is 0.339 e. The van der Waals surface area contributed by atoms with Crippen molar-refractivity contribution in [3.63, 3.8) is 0 Å². The van der Waals surface area contributed by atoms with Gasteiger partial charge in [0.05, 0.1) is 24.3 Å². The molecule has 0 spiro atoms. The van der Waals surface area contributed by atoms with E-state index in [1.165, 1.54) is 18.5 Å². The summed E-state index contributed by atoms with van der Waals surface area (Å²) in [4.78, 5) is 31.7. The van der Waals surface area contributed by atoms with Gasteiger partial charge in [-0.25, -0.2) is 14.0 Å². The maximum absolute atomic E-state index is 14.0. The van der Waals surface area contributed by atoms with E-state index in [4.69, 9.17) is 49.0 Å². The molecule has 0 unspecified atom stereocenters. The van der Waals surface area contributed by atoms with Crippen LogP contribution in [-0.4, -0.2) is 40.2 Å². The topological polar surface area (TPSA) is 108 Å². The summed E-state index contributed by atoms with van der Waals surface area (Å²) in [7, 11) is 0. The number of pyridine rings is 2. The number of aromatic hydroxyl groups is 1. The van der Waals surface area contributed by atoms with Crippen LogP contribution in [0.25, 0.3) is 0 Å². The zero-order valence-electron chi connectivity index (χ0n) is 26.6. The summed E-state index contributed by atoms with van der Waals surface area (Å²) in [6, 6.07) is 17.9. The van der Waals surface area contributed by atoms with E-state index in [1.807, 2.05) is 0 Å². The highest BCUT2D eigenvalue weighted by Crippen LogP contribution is 2.28. The van der Waals surface area contributed by atoms with Crippen LogP contribution >= 0.6 is 34.8 Å². The van der Waals surface area contributed by atoms with Gasteiger partial charge in [0.25, 0.3) is 0 Å². The zero-order valence-corrected chi connectivity index (χ0v) is 28.9. The van der Waals surface area contributed by atoms with Crippen molar-refractivity contribution in [1.82, 2.24) is 9.97 Å². The van der Waals surface area contributed by atoms with E-state index in [9.17, 15) is 19.1 Å². The number of benzene rings is 3. The van der Waals surface area contributed by atoms with E-state index >= 15 is 0 Å². The molecule has 0 radical (unpaired) electrons. The lowest BCUT2D eigenvalue weighted by molar-refractivity contribution is 0.0516. The Balaban J connectivity index is 0.000000237. The van der Waals surface area contributed by atoms with Crippen molar-refractivity contribution in [2.45, 2.75) is 33.3 Å². The first-order chi connectivity index (χ1) is 23.6. The molecule has 2 aromatic heterocycles. The van der Waals surface area contributed by atoms with Gasteiger partial charge >= 0.3 is 11.9 Å². The number of rotatable bonds is 11.